The molecule has 0 saturated heterocycles. The van der Waals surface area contributed by atoms with Crippen LogP contribution in [0.25, 0.3) is 0 Å². The van der Waals surface area contributed by atoms with Crippen molar-refractivity contribution in [2.75, 3.05) is 18.5 Å². The van der Waals surface area contributed by atoms with E-state index in [1.54, 1.807) is 4.90 Å². The third-order valence-electron chi connectivity index (χ3n) is 7.02. The van der Waals surface area contributed by atoms with Crippen LogP contribution in [0.5, 0.6) is 0 Å². The molecule has 5 rings (SSSR count). The van der Waals surface area contributed by atoms with Gasteiger partial charge in [0.25, 0.3) is 6.43 Å². The minimum atomic E-state index is -2.66. The zero-order chi connectivity index (χ0) is 24.4. The minimum Gasteiger partial charge on any atom is -0.374 e. The number of hydrogen-bond acceptors (Lipinski definition) is 5. The third kappa shape index (κ3) is 5.20. The molecule has 1 aromatic carbocycles. The maximum absolute atomic E-state index is 13.4. The normalized spacial score (nSPS) is 20.1. The molecule has 9 heteroatoms. The Morgan fingerprint density at radius 2 is 1.97 bits per heavy atom. The Kier molecular flexibility index (Phi) is 7.32. The van der Waals surface area contributed by atoms with Gasteiger partial charge in [-0.15, -0.1) is 0 Å². The lowest BCUT2D eigenvalue weighted by Gasteiger charge is -2.30. The molecule has 0 spiro atoms. The summed E-state index contributed by atoms with van der Waals surface area (Å²) in [5.41, 5.74) is 3.31. The van der Waals surface area contributed by atoms with Gasteiger partial charge in [0, 0.05) is 49.6 Å². The number of nitrogens with one attached hydrogen (secondary N) is 1. The molecule has 6 nitrogen and oxygen atoms in total. The number of rotatable bonds is 7. The van der Waals surface area contributed by atoms with Gasteiger partial charge in [-0.3, -0.25) is 4.68 Å². The van der Waals surface area contributed by atoms with Crippen LogP contribution >= 0.6 is 11.6 Å². The van der Waals surface area contributed by atoms with Crippen molar-refractivity contribution in [3.8, 4) is 0 Å². The molecule has 1 aliphatic heterocycles. The van der Waals surface area contributed by atoms with Crippen LogP contribution in [0.1, 0.15) is 60.5 Å². The van der Waals surface area contributed by atoms with Crippen molar-refractivity contribution < 1.29 is 13.5 Å². The molecule has 1 N–H and O–H groups in total. The van der Waals surface area contributed by atoms with E-state index in [1.165, 1.54) is 23.5 Å². The van der Waals surface area contributed by atoms with Gasteiger partial charge in [-0.25, -0.2) is 13.8 Å². The molecular weight excluding hydrogens is 472 g/mol. The van der Waals surface area contributed by atoms with Crippen molar-refractivity contribution in [2.45, 2.75) is 63.8 Å². The van der Waals surface area contributed by atoms with Gasteiger partial charge in [-0.1, -0.05) is 41.9 Å². The summed E-state index contributed by atoms with van der Waals surface area (Å²) >= 11 is 5.93. The van der Waals surface area contributed by atoms with Gasteiger partial charge >= 0.3 is 0 Å². The highest BCUT2D eigenvalue weighted by molar-refractivity contribution is 6.31. The molecule has 35 heavy (non-hydrogen) atoms. The smallest absolute Gasteiger partial charge is 0.265 e. The average Bonchev–Trinajstić information content (AvgIpc) is 3.28. The van der Waals surface area contributed by atoms with E-state index >= 15 is 0 Å². The van der Waals surface area contributed by atoms with E-state index in [2.05, 4.69) is 27.1 Å². The Morgan fingerprint density at radius 3 is 2.71 bits per heavy atom. The van der Waals surface area contributed by atoms with Crippen molar-refractivity contribution in [1.82, 2.24) is 20.1 Å². The molecule has 3 aromatic rings. The molecule has 2 aromatic heterocycles. The molecule has 2 aliphatic rings. The Labute approximate surface area is 209 Å². The van der Waals surface area contributed by atoms with Crippen molar-refractivity contribution in [2.24, 2.45) is 0 Å². The van der Waals surface area contributed by atoms with Gasteiger partial charge in [0.2, 0.25) is 0 Å². The number of alkyl halides is 2. The topological polar surface area (TPSA) is 55.2 Å². The zero-order valence-corrected chi connectivity index (χ0v) is 20.5. The molecule has 0 radical (unpaired) electrons. The molecule has 0 unspecified atom stereocenters. The fraction of sp³-hybridized carbons (Fsp3) is 0.462. The molecule has 1 aliphatic carbocycles. The quantitative estimate of drug-likeness (QED) is 0.431. The highest BCUT2D eigenvalue weighted by Crippen LogP contribution is 2.37. The second-order valence-corrected chi connectivity index (χ2v) is 9.68. The van der Waals surface area contributed by atoms with Crippen molar-refractivity contribution in [3.05, 3.63) is 70.0 Å². The summed E-state index contributed by atoms with van der Waals surface area (Å²) < 4.78 is 35.2. The monoisotopic (exact) mass is 501 g/mol. The summed E-state index contributed by atoms with van der Waals surface area (Å²) in [5.74, 6) is 1.16. The van der Waals surface area contributed by atoms with Crippen LogP contribution in [0, 0.1) is 0 Å². The summed E-state index contributed by atoms with van der Waals surface area (Å²) in [6.07, 6.45) is 3.75. The van der Waals surface area contributed by atoms with E-state index in [0.29, 0.717) is 25.0 Å². The van der Waals surface area contributed by atoms with E-state index in [9.17, 15) is 8.78 Å². The Hall–Kier alpha value is -2.55. The second-order valence-electron chi connectivity index (χ2n) is 9.27. The van der Waals surface area contributed by atoms with Gasteiger partial charge in [-0.2, -0.15) is 5.10 Å². The van der Waals surface area contributed by atoms with Gasteiger partial charge in [0.15, 0.2) is 5.82 Å². The van der Waals surface area contributed by atoms with E-state index < -0.39 is 6.43 Å². The summed E-state index contributed by atoms with van der Waals surface area (Å²) in [7, 11) is 1.82. The third-order valence-corrected chi connectivity index (χ3v) is 7.34. The highest BCUT2D eigenvalue weighted by atomic mass is 35.5. The summed E-state index contributed by atoms with van der Waals surface area (Å²) in [6, 6.07) is 11.9. The van der Waals surface area contributed by atoms with Gasteiger partial charge in [0.05, 0.1) is 23.8 Å². The van der Waals surface area contributed by atoms with Crippen molar-refractivity contribution in [3.63, 3.8) is 0 Å². The molecular formula is C26H30ClF2N5O. The number of aromatic nitrogens is 3. The molecule has 1 fully saturated rings. The largest absolute Gasteiger partial charge is 0.374 e. The standard InChI is InChI=1S/C26H30ClF2N5O/c1-33(24-13-20(25(28)29)22(27)15-31-24)26-21-14-30-12-11-23(21)34(32-26)18-7-9-19(10-8-18)35-16-17-5-3-2-4-6-17/h2-6,13,15,18-19,25,30H,7-12,14,16H2,1H3. The molecule has 0 atom stereocenters. The van der Waals surface area contributed by atoms with Crippen LogP contribution in [-0.2, 0) is 24.3 Å². The molecule has 1 saturated carbocycles. The minimum absolute atomic E-state index is 0.0300. The maximum atomic E-state index is 13.4. The lowest BCUT2D eigenvalue weighted by atomic mass is 9.92. The lowest BCUT2D eigenvalue weighted by Crippen LogP contribution is -2.28. The zero-order valence-electron chi connectivity index (χ0n) is 19.8. The van der Waals surface area contributed by atoms with Gasteiger partial charge < -0.3 is 15.0 Å². The summed E-state index contributed by atoms with van der Waals surface area (Å²) in [4.78, 5) is 6.09. The number of ether oxygens (including phenoxy) is 1. The second kappa shape index (κ2) is 10.6. The fourth-order valence-electron chi connectivity index (χ4n) is 5.07. The van der Waals surface area contributed by atoms with Crippen LogP contribution in [0.4, 0.5) is 20.4 Å². The molecule has 3 heterocycles. The van der Waals surface area contributed by atoms with Gasteiger partial charge in [0.1, 0.15) is 5.82 Å². The predicted octanol–water partition coefficient (Wildman–Crippen LogP) is 5.98. The first kappa shape index (κ1) is 24.2. The number of benzene rings is 1. The van der Waals surface area contributed by atoms with Crippen molar-refractivity contribution >= 4 is 23.2 Å². The van der Waals surface area contributed by atoms with Crippen LogP contribution in [0.2, 0.25) is 5.02 Å². The molecule has 0 bridgehead atoms. The van der Waals surface area contributed by atoms with E-state index in [1.807, 2.05) is 25.2 Å². The van der Waals surface area contributed by atoms with Gasteiger partial charge in [-0.05, 0) is 37.3 Å². The Balaban J connectivity index is 1.32. The summed E-state index contributed by atoms with van der Waals surface area (Å²) in [5, 5.41) is 8.40. The number of anilines is 2. The van der Waals surface area contributed by atoms with Crippen LogP contribution in [-0.4, -0.2) is 34.5 Å². The van der Waals surface area contributed by atoms with Crippen LogP contribution in [0.3, 0.4) is 0 Å². The number of fused-ring (bicyclic) bond motifs is 1. The predicted molar refractivity (Wildman–Crippen MR) is 132 cm³/mol. The average molecular weight is 502 g/mol. The number of halogens is 3. The maximum Gasteiger partial charge on any atom is 0.265 e. The Morgan fingerprint density at radius 1 is 1.20 bits per heavy atom. The van der Waals surface area contributed by atoms with E-state index in [-0.39, 0.29) is 16.7 Å². The van der Waals surface area contributed by atoms with E-state index in [0.717, 1.165) is 50.0 Å². The SMILES string of the molecule is CN(c1cc(C(F)F)c(Cl)cn1)c1nn(C2CCC(OCc3ccccc3)CC2)c2c1CNCC2. The molecule has 186 valence electrons. The Bertz CT molecular complexity index is 1150. The highest BCUT2D eigenvalue weighted by Gasteiger charge is 2.30. The molecule has 0 amide bonds. The first-order valence-corrected chi connectivity index (χ1v) is 12.5. The van der Waals surface area contributed by atoms with Crippen LogP contribution < -0.4 is 10.2 Å². The number of hydrogen-bond donors (Lipinski definition) is 1. The van der Waals surface area contributed by atoms with Crippen molar-refractivity contribution in [1.29, 1.82) is 0 Å². The first-order valence-electron chi connectivity index (χ1n) is 12.1. The number of pyridine rings is 1. The lowest BCUT2D eigenvalue weighted by molar-refractivity contribution is 0.00719. The number of nitrogens with zero attached hydrogens (tertiary/aromatic N) is 4. The van der Waals surface area contributed by atoms with Crippen LogP contribution in [0.15, 0.2) is 42.6 Å². The fourth-order valence-corrected chi connectivity index (χ4v) is 5.26. The van der Waals surface area contributed by atoms with E-state index in [4.69, 9.17) is 21.4 Å². The first-order chi connectivity index (χ1) is 17.0. The summed E-state index contributed by atoms with van der Waals surface area (Å²) in [6.45, 7) is 2.23.